The zero-order valence-corrected chi connectivity index (χ0v) is 13.4. The largest absolute Gasteiger partial charge is 0.274 e. The summed E-state index contributed by atoms with van der Waals surface area (Å²) in [5.41, 5.74) is 0.645. The first kappa shape index (κ1) is 14.4. The molecule has 0 aliphatic carbocycles. The van der Waals surface area contributed by atoms with Gasteiger partial charge in [-0.15, -0.1) is 11.8 Å². The van der Waals surface area contributed by atoms with E-state index in [2.05, 4.69) is 15.9 Å². The maximum Gasteiger partial charge on any atom is 0.247 e. The van der Waals surface area contributed by atoms with Gasteiger partial charge in [0, 0.05) is 15.8 Å². The molecule has 0 aromatic heterocycles. The lowest BCUT2D eigenvalue weighted by atomic mass is 10.3. The van der Waals surface area contributed by atoms with Gasteiger partial charge in [-0.2, -0.15) is 0 Å². The molecule has 0 radical (unpaired) electrons. The number of hydrogen-bond donors (Lipinski definition) is 0. The predicted octanol–water partition coefficient (Wildman–Crippen LogP) is 3.87. The molecule has 0 saturated carbocycles. The van der Waals surface area contributed by atoms with Gasteiger partial charge in [-0.05, 0) is 36.4 Å². The molecule has 1 aliphatic heterocycles. The average molecular weight is 362 g/mol. The summed E-state index contributed by atoms with van der Waals surface area (Å²) in [6, 6.07) is 16.8. The Labute approximate surface area is 135 Å². The Hall–Kier alpha value is -1.59. The summed E-state index contributed by atoms with van der Waals surface area (Å²) in [7, 11) is 0. The molecule has 1 aliphatic rings. The van der Waals surface area contributed by atoms with Gasteiger partial charge in [0.25, 0.3) is 0 Å². The van der Waals surface area contributed by atoms with Crippen LogP contribution >= 0.6 is 27.7 Å². The van der Waals surface area contributed by atoms with Crippen LogP contribution in [0.2, 0.25) is 0 Å². The molecular formula is C16H12BrNO2S. The molecule has 1 atom stereocenters. The fourth-order valence-corrected chi connectivity index (χ4v) is 3.54. The van der Waals surface area contributed by atoms with Gasteiger partial charge in [0.05, 0.1) is 10.9 Å². The minimum absolute atomic E-state index is 0.138. The molecule has 2 aromatic carbocycles. The number of halogens is 1. The number of thioether (sulfide) groups is 1. The molecule has 2 amide bonds. The number of amides is 2. The summed E-state index contributed by atoms with van der Waals surface area (Å²) in [5, 5.41) is -0.348. The van der Waals surface area contributed by atoms with Crippen LogP contribution in [-0.4, -0.2) is 17.1 Å². The van der Waals surface area contributed by atoms with Crippen molar-refractivity contribution < 1.29 is 9.59 Å². The topological polar surface area (TPSA) is 37.4 Å². The highest BCUT2D eigenvalue weighted by Gasteiger charge is 2.39. The van der Waals surface area contributed by atoms with Crippen molar-refractivity contribution in [1.29, 1.82) is 0 Å². The summed E-state index contributed by atoms with van der Waals surface area (Å²) in [5.74, 6) is -0.278. The molecule has 5 heteroatoms. The minimum atomic E-state index is -0.348. The smallest absolute Gasteiger partial charge is 0.247 e. The molecule has 3 rings (SSSR count). The standard InChI is InChI=1S/C16H12BrNO2S/c17-11-6-8-13(9-7-11)21-14-10-15(19)18(16(14)20)12-4-2-1-3-5-12/h1-9,14H,10H2/t14-/m0/s1. The van der Waals surface area contributed by atoms with Crippen LogP contribution in [0.15, 0.2) is 64.0 Å². The van der Waals surface area contributed by atoms with Gasteiger partial charge in [0.15, 0.2) is 0 Å². The lowest BCUT2D eigenvalue weighted by Crippen LogP contribution is -2.30. The van der Waals surface area contributed by atoms with Crippen LogP contribution in [0.1, 0.15) is 6.42 Å². The number of carbonyl (C=O) groups excluding carboxylic acids is 2. The van der Waals surface area contributed by atoms with E-state index in [9.17, 15) is 9.59 Å². The number of carbonyl (C=O) groups is 2. The van der Waals surface area contributed by atoms with Crippen LogP contribution in [0.3, 0.4) is 0 Å². The highest BCUT2D eigenvalue weighted by molar-refractivity contribution is 9.10. The number of rotatable bonds is 3. The van der Waals surface area contributed by atoms with Crippen molar-refractivity contribution in [3.8, 4) is 0 Å². The van der Waals surface area contributed by atoms with Gasteiger partial charge in [-0.1, -0.05) is 34.1 Å². The van der Waals surface area contributed by atoms with Crippen LogP contribution in [0.25, 0.3) is 0 Å². The van der Waals surface area contributed by atoms with Crippen molar-refractivity contribution in [2.45, 2.75) is 16.6 Å². The molecule has 1 saturated heterocycles. The Balaban J connectivity index is 1.79. The van der Waals surface area contributed by atoms with Crippen molar-refractivity contribution in [2.75, 3.05) is 4.90 Å². The van der Waals surface area contributed by atoms with Crippen LogP contribution < -0.4 is 4.90 Å². The van der Waals surface area contributed by atoms with Gasteiger partial charge >= 0.3 is 0 Å². The van der Waals surface area contributed by atoms with Crippen molar-refractivity contribution in [1.82, 2.24) is 0 Å². The van der Waals surface area contributed by atoms with E-state index in [1.165, 1.54) is 16.7 Å². The normalized spacial score (nSPS) is 18.3. The Morgan fingerprint density at radius 3 is 2.33 bits per heavy atom. The van der Waals surface area contributed by atoms with Gasteiger partial charge in [-0.3, -0.25) is 9.59 Å². The highest BCUT2D eigenvalue weighted by Crippen LogP contribution is 2.34. The van der Waals surface area contributed by atoms with E-state index in [1.807, 2.05) is 42.5 Å². The molecule has 0 bridgehead atoms. The molecule has 106 valence electrons. The summed E-state index contributed by atoms with van der Waals surface area (Å²) in [6.45, 7) is 0. The lowest BCUT2D eigenvalue weighted by molar-refractivity contribution is -0.121. The molecular weight excluding hydrogens is 350 g/mol. The van der Waals surface area contributed by atoms with Crippen molar-refractivity contribution in [3.05, 3.63) is 59.1 Å². The molecule has 0 unspecified atom stereocenters. The molecule has 2 aromatic rings. The van der Waals surface area contributed by atoms with E-state index in [-0.39, 0.29) is 23.5 Å². The summed E-state index contributed by atoms with van der Waals surface area (Å²) < 4.78 is 0.992. The molecule has 1 heterocycles. The Morgan fingerprint density at radius 1 is 1.00 bits per heavy atom. The third-order valence-electron chi connectivity index (χ3n) is 3.21. The minimum Gasteiger partial charge on any atom is -0.274 e. The first-order chi connectivity index (χ1) is 10.1. The van der Waals surface area contributed by atoms with Crippen LogP contribution in [0, 0.1) is 0 Å². The number of nitrogens with zero attached hydrogens (tertiary/aromatic N) is 1. The van der Waals surface area contributed by atoms with E-state index in [0.29, 0.717) is 5.69 Å². The van der Waals surface area contributed by atoms with Crippen molar-refractivity contribution in [3.63, 3.8) is 0 Å². The predicted molar refractivity (Wildman–Crippen MR) is 87.3 cm³/mol. The second-order valence-electron chi connectivity index (χ2n) is 4.67. The molecule has 0 N–H and O–H groups in total. The molecule has 21 heavy (non-hydrogen) atoms. The van der Waals surface area contributed by atoms with Crippen LogP contribution in [0.4, 0.5) is 5.69 Å². The Kier molecular flexibility index (Phi) is 4.12. The number of imide groups is 1. The zero-order chi connectivity index (χ0) is 14.8. The lowest BCUT2D eigenvalue weighted by Gasteiger charge is -2.14. The quantitative estimate of drug-likeness (QED) is 0.778. The summed E-state index contributed by atoms with van der Waals surface area (Å²) in [6.07, 6.45) is 0.245. The van der Waals surface area contributed by atoms with Crippen LogP contribution in [-0.2, 0) is 9.59 Å². The Bertz CT molecular complexity index is 672. The van der Waals surface area contributed by atoms with E-state index in [4.69, 9.17) is 0 Å². The average Bonchev–Trinajstić information content (AvgIpc) is 2.77. The van der Waals surface area contributed by atoms with Gasteiger partial charge in [0.2, 0.25) is 11.8 Å². The SMILES string of the molecule is O=C1C[C@H](Sc2ccc(Br)cc2)C(=O)N1c1ccccc1. The maximum atomic E-state index is 12.5. The first-order valence-corrected chi connectivity index (χ1v) is 8.16. The van der Waals surface area contributed by atoms with E-state index in [0.717, 1.165) is 9.37 Å². The van der Waals surface area contributed by atoms with E-state index >= 15 is 0 Å². The molecule has 0 spiro atoms. The number of hydrogen-bond acceptors (Lipinski definition) is 3. The van der Waals surface area contributed by atoms with Crippen LogP contribution in [0.5, 0.6) is 0 Å². The van der Waals surface area contributed by atoms with Gasteiger partial charge < -0.3 is 0 Å². The summed E-state index contributed by atoms with van der Waals surface area (Å²) in [4.78, 5) is 26.9. The second kappa shape index (κ2) is 6.03. The zero-order valence-electron chi connectivity index (χ0n) is 11.0. The molecule has 3 nitrogen and oxygen atoms in total. The van der Waals surface area contributed by atoms with E-state index < -0.39 is 0 Å². The van der Waals surface area contributed by atoms with E-state index in [1.54, 1.807) is 12.1 Å². The second-order valence-corrected chi connectivity index (χ2v) is 6.86. The third-order valence-corrected chi connectivity index (χ3v) is 4.94. The summed E-state index contributed by atoms with van der Waals surface area (Å²) >= 11 is 4.82. The van der Waals surface area contributed by atoms with Crippen molar-refractivity contribution >= 4 is 45.2 Å². The highest BCUT2D eigenvalue weighted by atomic mass is 79.9. The molecule has 1 fully saturated rings. The third kappa shape index (κ3) is 3.04. The van der Waals surface area contributed by atoms with Crippen molar-refractivity contribution in [2.24, 2.45) is 0 Å². The fraction of sp³-hybridized carbons (Fsp3) is 0.125. The van der Waals surface area contributed by atoms with Gasteiger partial charge in [-0.25, -0.2) is 4.90 Å². The number of anilines is 1. The monoisotopic (exact) mass is 361 g/mol. The fourth-order valence-electron chi connectivity index (χ4n) is 2.22. The number of benzene rings is 2. The first-order valence-electron chi connectivity index (χ1n) is 6.49. The maximum absolute atomic E-state index is 12.5. The van der Waals surface area contributed by atoms with Gasteiger partial charge in [0.1, 0.15) is 0 Å². The Morgan fingerprint density at radius 2 is 1.67 bits per heavy atom. The number of para-hydroxylation sites is 1.